The van der Waals surface area contributed by atoms with Gasteiger partial charge in [0.25, 0.3) is 0 Å². The van der Waals surface area contributed by atoms with Gasteiger partial charge in [0, 0.05) is 17.8 Å². The summed E-state index contributed by atoms with van der Waals surface area (Å²) >= 11 is 0. The number of para-hydroxylation sites is 1. The molecule has 3 rings (SSSR count). The Morgan fingerprint density at radius 1 is 0.944 bits per heavy atom. The van der Waals surface area contributed by atoms with Crippen LogP contribution in [0.25, 0.3) is 0 Å². The lowest BCUT2D eigenvalue weighted by Gasteiger charge is -2.35. The van der Waals surface area contributed by atoms with E-state index < -0.39 is 0 Å². The lowest BCUT2D eigenvalue weighted by Crippen LogP contribution is -2.39. The van der Waals surface area contributed by atoms with E-state index in [1.165, 1.54) is 57.1 Å². The third kappa shape index (κ3) is 2.28. The lowest BCUT2D eigenvalue weighted by molar-refractivity contribution is 0.415. The zero-order valence-electron chi connectivity index (χ0n) is 11.6. The van der Waals surface area contributed by atoms with Crippen LogP contribution < -0.4 is 4.90 Å². The van der Waals surface area contributed by atoms with E-state index in [4.69, 9.17) is 0 Å². The quantitative estimate of drug-likeness (QED) is 0.699. The van der Waals surface area contributed by atoms with Crippen LogP contribution in [0.5, 0.6) is 0 Å². The van der Waals surface area contributed by atoms with Gasteiger partial charge >= 0.3 is 0 Å². The first-order chi connectivity index (χ1) is 8.86. The van der Waals surface area contributed by atoms with Crippen LogP contribution in [0.15, 0.2) is 24.3 Å². The van der Waals surface area contributed by atoms with Crippen LogP contribution in [-0.2, 0) is 6.42 Å². The number of hydrogen-bond acceptors (Lipinski definition) is 1. The summed E-state index contributed by atoms with van der Waals surface area (Å²) in [5, 5.41) is 0. The third-order valence-corrected chi connectivity index (χ3v) is 4.73. The molecular weight excluding hydrogens is 218 g/mol. The molecule has 0 spiro atoms. The molecule has 18 heavy (non-hydrogen) atoms. The molecule has 1 fully saturated rings. The summed E-state index contributed by atoms with van der Waals surface area (Å²) in [5.41, 5.74) is 3.09. The summed E-state index contributed by atoms with van der Waals surface area (Å²) in [6.07, 6.45) is 11.2. The molecule has 1 aliphatic carbocycles. The van der Waals surface area contributed by atoms with E-state index in [1.807, 2.05) is 0 Å². The second-order valence-corrected chi connectivity index (χ2v) is 6.09. The van der Waals surface area contributed by atoms with Gasteiger partial charge in [-0.25, -0.2) is 0 Å². The molecule has 1 atom stereocenters. The fourth-order valence-corrected chi connectivity index (χ4v) is 3.86. The number of anilines is 1. The van der Waals surface area contributed by atoms with Crippen LogP contribution in [-0.4, -0.2) is 12.1 Å². The number of rotatable bonds is 1. The molecule has 0 radical (unpaired) electrons. The normalized spacial score (nSPS) is 25.6. The van der Waals surface area contributed by atoms with E-state index in [0.717, 1.165) is 6.04 Å². The maximum Gasteiger partial charge on any atom is 0.0404 e. The van der Waals surface area contributed by atoms with E-state index in [0.29, 0.717) is 6.04 Å². The van der Waals surface area contributed by atoms with Crippen LogP contribution in [0.1, 0.15) is 57.4 Å². The number of benzene rings is 1. The lowest BCUT2D eigenvalue weighted by atomic mass is 9.95. The van der Waals surface area contributed by atoms with Gasteiger partial charge in [0.15, 0.2) is 0 Å². The van der Waals surface area contributed by atoms with Crippen molar-refractivity contribution >= 4 is 5.69 Å². The van der Waals surface area contributed by atoms with Crippen molar-refractivity contribution in [2.45, 2.75) is 70.4 Å². The molecule has 0 amide bonds. The van der Waals surface area contributed by atoms with Crippen molar-refractivity contribution in [1.29, 1.82) is 0 Å². The Bertz CT molecular complexity index is 390. The van der Waals surface area contributed by atoms with Crippen molar-refractivity contribution in [3.05, 3.63) is 29.8 Å². The van der Waals surface area contributed by atoms with E-state index >= 15 is 0 Å². The van der Waals surface area contributed by atoms with Crippen LogP contribution in [0.3, 0.4) is 0 Å². The van der Waals surface area contributed by atoms with Gasteiger partial charge in [0.2, 0.25) is 0 Å². The molecule has 1 aliphatic heterocycles. The molecule has 1 heteroatoms. The summed E-state index contributed by atoms with van der Waals surface area (Å²) in [6, 6.07) is 10.5. The van der Waals surface area contributed by atoms with Crippen molar-refractivity contribution in [3.8, 4) is 0 Å². The highest BCUT2D eigenvalue weighted by Gasteiger charge is 2.30. The Morgan fingerprint density at radius 3 is 2.39 bits per heavy atom. The van der Waals surface area contributed by atoms with Gasteiger partial charge in [-0.15, -0.1) is 0 Å². The first-order valence-corrected chi connectivity index (χ1v) is 7.72. The Hall–Kier alpha value is -0.980. The monoisotopic (exact) mass is 243 g/mol. The van der Waals surface area contributed by atoms with Gasteiger partial charge < -0.3 is 4.90 Å². The molecule has 1 nitrogen and oxygen atoms in total. The maximum absolute atomic E-state index is 2.74. The Balaban J connectivity index is 1.81. The molecule has 2 aliphatic rings. The Morgan fingerprint density at radius 2 is 1.61 bits per heavy atom. The smallest absolute Gasteiger partial charge is 0.0404 e. The summed E-state index contributed by atoms with van der Waals surface area (Å²) in [4.78, 5) is 2.74. The molecule has 1 unspecified atom stereocenters. The number of hydrogen-bond donors (Lipinski definition) is 0. The molecule has 1 aromatic carbocycles. The Kier molecular flexibility index (Phi) is 3.58. The second-order valence-electron chi connectivity index (χ2n) is 6.09. The molecule has 0 N–H and O–H groups in total. The van der Waals surface area contributed by atoms with Crippen LogP contribution >= 0.6 is 0 Å². The number of fused-ring (bicyclic) bond motifs is 1. The molecule has 1 saturated carbocycles. The predicted molar refractivity (Wildman–Crippen MR) is 78.2 cm³/mol. The van der Waals surface area contributed by atoms with Crippen molar-refractivity contribution in [1.82, 2.24) is 0 Å². The molecule has 98 valence electrons. The van der Waals surface area contributed by atoms with E-state index in [-0.39, 0.29) is 0 Å². The summed E-state index contributed by atoms with van der Waals surface area (Å²) < 4.78 is 0. The van der Waals surface area contributed by atoms with Gasteiger partial charge in [-0.2, -0.15) is 0 Å². The molecule has 1 aromatic rings. The highest BCUT2D eigenvalue weighted by atomic mass is 15.2. The van der Waals surface area contributed by atoms with Gasteiger partial charge in [0.1, 0.15) is 0 Å². The zero-order chi connectivity index (χ0) is 12.4. The standard InChI is InChI=1S/C17H25N/c1-14-13-15-9-7-8-12-17(15)18(14)16-10-5-3-2-4-6-11-16/h7-9,12,14,16H,2-6,10-11,13H2,1H3. The van der Waals surface area contributed by atoms with E-state index in [2.05, 4.69) is 36.1 Å². The van der Waals surface area contributed by atoms with Gasteiger partial charge in [-0.05, 0) is 37.8 Å². The first kappa shape index (κ1) is 12.1. The van der Waals surface area contributed by atoms with Gasteiger partial charge in [0.05, 0.1) is 0 Å². The molecular formula is C17H25N. The fraction of sp³-hybridized carbons (Fsp3) is 0.647. The van der Waals surface area contributed by atoms with Crippen molar-refractivity contribution < 1.29 is 0 Å². The highest BCUT2D eigenvalue weighted by Crippen LogP contribution is 2.36. The van der Waals surface area contributed by atoms with Crippen LogP contribution in [0.4, 0.5) is 5.69 Å². The van der Waals surface area contributed by atoms with Crippen molar-refractivity contribution in [2.75, 3.05) is 4.90 Å². The molecule has 0 bridgehead atoms. The van der Waals surface area contributed by atoms with Crippen LogP contribution in [0, 0.1) is 0 Å². The summed E-state index contributed by atoms with van der Waals surface area (Å²) in [6.45, 7) is 2.40. The molecule has 1 heterocycles. The SMILES string of the molecule is CC1Cc2ccccc2N1C1CCCCCCC1. The minimum Gasteiger partial charge on any atom is -0.365 e. The third-order valence-electron chi connectivity index (χ3n) is 4.73. The van der Waals surface area contributed by atoms with Gasteiger partial charge in [-0.1, -0.05) is 50.3 Å². The fourth-order valence-electron chi connectivity index (χ4n) is 3.86. The topological polar surface area (TPSA) is 3.24 Å². The highest BCUT2D eigenvalue weighted by molar-refractivity contribution is 5.60. The van der Waals surface area contributed by atoms with E-state index in [9.17, 15) is 0 Å². The minimum atomic E-state index is 0.701. The average Bonchev–Trinajstić information content (AvgIpc) is 2.65. The zero-order valence-corrected chi connectivity index (χ0v) is 11.6. The minimum absolute atomic E-state index is 0.701. The largest absolute Gasteiger partial charge is 0.365 e. The van der Waals surface area contributed by atoms with Crippen molar-refractivity contribution in [2.24, 2.45) is 0 Å². The maximum atomic E-state index is 2.74. The van der Waals surface area contributed by atoms with Crippen molar-refractivity contribution in [3.63, 3.8) is 0 Å². The molecule has 0 saturated heterocycles. The summed E-state index contributed by atoms with van der Waals surface area (Å²) in [5.74, 6) is 0. The Labute approximate surface area is 111 Å². The summed E-state index contributed by atoms with van der Waals surface area (Å²) in [7, 11) is 0. The molecule has 0 aromatic heterocycles. The van der Waals surface area contributed by atoms with Crippen LogP contribution in [0.2, 0.25) is 0 Å². The van der Waals surface area contributed by atoms with E-state index in [1.54, 1.807) is 5.56 Å². The first-order valence-electron chi connectivity index (χ1n) is 7.72. The second kappa shape index (κ2) is 5.34. The average molecular weight is 243 g/mol. The van der Waals surface area contributed by atoms with Gasteiger partial charge in [-0.3, -0.25) is 0 Å². The number of nitrogens with zero attached hydrogens (tertiary/aromatic N) is 1. The predicted octanol–water partition coefficient (Wildman–Crippen LogP) is 4.55.